The van der Waals surface area contributed by atoms with Crippen molar-refractivity contribution in [2.75, 3.05) is 12.4 Å². The van der Waals surface area contributed by atoms with E-state index in [2.05, 4.69) is 15.3 Å². The molecule has 0 aliphatic carbocycles. The van der Waals surface area contributed by atoms with Gasteiger partial charge in [0.25, 0.3) is 0 Å². The molecule has 1 heterocycles. The number of aromatic nitrogens is 2. The summed E-state index contributed by atoms with van der Waals surface area (Å²) in [5.74, 6) is 0.670. The Hall–Kier alpha value is -3.66. The van der Waals surface area contributed by atoms with Gasteiger partial charge >= 0.3 is 0 Å². The number of nitrogens with zero attached hydrogens (tertiary/aromatic N) is 3. The lowest BCUT2D eigenvalue weighted by molar-refractivity contribution is 0.371. The zero-order valence-corrected chi connectivity index (χ0v) is 14.2. The van der Waals surface area contributed by atoms with E-state index in [9.17, 15) is 4.39 Å². The average molecular weight is 350 g/mol. The number of halogens is 1. The minimum Gasteiger partial charge on any atom is -0.493 e. The van der Waals surface area contributed by atoms with E-state index in [0.717, 1.165) is 5.56 Å². The van der Waals surface area contributed by atoms with Gasteiger partial charge in [-0.3, -0.25) is 0 Å². The predicted octanol–water partition coefficient (Wildman–Crippen LogP) is 4.34. The number of aryl methyl sites for hydroxylation is 1. The summed E-state index contributed by atoms with van der Waals surface area (Å²) in [6.45, 7) is 1.93. The molecule has 1 aromatic heterocycles. The monoisotopic (exact) mass is 350 g/mol. The maximum Gasteiger partial charge on any atom is 0.183 e. The maximum atomic E-state index is 14.4. The number of nitriles is 1. The number of rotatable bonds is 5. The highest BCUT2D eigenvalue weighted by Gasteiger charge is 2.11. The van der Waals surface area contributed by atoms with Crippen LogP contribution in [0.3, 0.4) is 0 Å². The van der Waals surface area contributed by atoms with Gasteiger partial charge in [0.05, 0.1) is 7.11 Å². The van der Waals surface area contributed by atoms with Crippen molar-refractivity contribution in [3.05, 3.63) is 65.9 Å². The number of hydrogen-bond acceptors (Lipinski definition) is 6. The summed E-state index contributed by atoms with van der Waals surface area (Å²) >= 11 is 0. The van der Waals surface area contributed by atoms with Crippen molar-refractivity contribution < 1.29 is 13.9 Å². The first kappa shape index (κ1) is 17.2. The molecule has 3 rings (SSSR count). The molecule has 0 atom stereocenters. The molecule has 0 aliphatic heterocycles. The fourth-order valence-electron chi connectivity index (χ4n) is 2.29. The molecule has 1 N–H and O–H groups in total. The van der Waals surface area contributed by atoms with E-state index in [0.29, 0.717) is 17.2 Å². The van der Waals surface area contributed by atoms with Crippen LogP contribution in [0.25, 0.3) is 0 Å². The molecule has 0 aliphatic rings. The highest BCUT2D eigenvalue weighted by Crippen LogP contribution is 2.34. The van der Waals surface area contributed by atoms with Crippen LogP contribution in [0.2, 0.25) is 0 Å². The van der Waals surface area contributed by atoms with Gasteiger partial charge in [0, 0.05) is 24.1 Å². The third-order valence-corrected chi connectivity index (χ3v) is 3.54. The summed E-state index contributed by atoms with van der Waals surface area (Å²) in [4.78, 5) is 7.93. The zero-order chi connectivity index (χ0) is 18.5. The molecule has 6 nitrogen and oxygen atoms in total. The highest BCUT2D eigenvalue weighted by molar-refractivity contribution is 5.61. The minimum atomic E-state index is -0.569. The molecule has 0 fully saturated rings. The summed E-state index contributed by atoms with van der Waals surface area (Å²) < 4.78 is 25.3. The molecule has 130 valence electrons. The molecule has 0 bridgehead atoms. The van der Waals surface area contributed by atoms with Gasteiger partial charge in [-0.05, 0) is 36.8 Å². The van der Waals surface area contributed by atoms with E-state index < -0.39 is 5.82 Å². The van der Waals surface area contributed by atoms with Crippen molar-refractivity contribution in [2.24, 2.45) is 0 Å². The fraction of sp³-hybridized carbons (Fsp3) is 0.105. The first-order valence-electron chi connectivity index (χ1n) is 7.71. The Balaban J connectivity index is 1.83. The molecule has 0 radical (unpaired) electrons. The molecule has 0 saturated heterocycles. The van der Waals surface area contributed by atoms with Crippen LogP contribution in [0.5, 0.6) is 17.2 Å². The predicted molar refractivity (Wildman–Crippen MR) is 94.2 cm³/mol. The highest BCUT2D eigenvalue weighted by atomic mass is 19.1. The molecule has 0 unspecified atom stereocenters. The summed E-state index contributed by atoms with van der Waals surface area (Å²) in [5, 5.41) is 11.9. The number of anilines is 2. The Bertz CT molecular complexity index is 986. The normalized spacial score (nSPS) is 10.1. The van der Waals surface area contributed by atoms with E-state index >= 15 is 0 Å². The van der Waals surface area contributed by atoms with Gasteiger partial charge in [-0.25, -0.2) is 14.4 Å². The Morgan fingerprint density at radius 3 is 2.54 bits per heavy atom. The van der Waals surface area contributed by atoms with Crippen LogP contribution in [-0.4, -0.2) is 17.1 Å². The van der Waals surface area contributed by atoms with Gasteiger partial charge in [0.15, 0.2) is 34.6 Å². The van der Waals surface area contributed by atoms with E-state index in [1.807, 2.05) is 19.1 Å². The zero-order valence-electron chi connectivity index (χ0n) is 14.2. The maximum absolute atomic E-state index is 14.4. The average Bonchev–Trinajstić information content (AvgIpc) is 2.65. The number of methoxy groups -OCH3 is 1. The molecular formula is C19H15FN4O2. The van der Waals surface area contributed by atoms with Crippen LogP contribution in [0.1, 0.15) is 11.3 Å². The van der Waals surface area contributed by atoms with Crippen molar-refractivity contribution in [1.82, 2.24) is 9.97 Å². The molecule has 3 aromatic rings. The topological polar surface area (TPSA) is 80.1 Å². The third kappa shape index (κ3) is 3.70. The lowest BCUT2D eigenvalue weighted by Gasteiger charge is -2.13. The standard InChI is InChI=1S/C19H15FN4O2/c1-12-3-5-17(18(9-12)25-2)26-16-6-4-13(10-14(16)20)24-19-15(11-21)22-7-8-23-19/h3-10H,1-2H3,(H,23,24). The lowest BCUT2D eigenvalue weighted by Crippen LogP contribution is -1.99. The number of benzene rings is 2. The Kier molecular flexibility index (Phi) is 4.94. The van der Waals surface area contributed by atoms with Gasteiger partial charge in [-0.1, -0.05) is 6.07 Å². The Morgan fingerprint density at radius 1 is 1.04 bits per heavy atom. The summed E-state index contributed by atoms with van der Waals surface area (Å²) in [7, 11) is 1.53. The smallest absolute Gasteiger partial charge is 0.183 e. The second kappa shape index (κ2) is 7.49. The fourth-order valence-corrected chi connectivity index (χ4v) is 2.29. The second-order valence-electron chi connectivity index (χ2n) is 5.39. The van der Waals surface area contributed by atoms with E-state index in [-0.39, 0.29) is 17.3 Å². The largest absolute Gasteiger partial charge is 0.493 e. The van der Waals surface area contributed by atoms with Crippen molar-refractivity contribution in [1.29, 1.82) is 5.26 Å². The van der Waals surface area contributed by atoms with Crippen molar-refractivity contribution in [3.63, 3.8) is 0 Å². The first-order valence-corrected chi connectivity index (χ1v) is 7.71. The first-order chi connectivity index (χ1) is 12.6. The van der Waals surface area contributed by atoms with Gasteiger partial charge < -0.3 is 14.8 Å². The second-order valence-corrected chi connectivity index (χ2v) is 5.39. The van der Waals surface area contributed by atoms with Crippen LogP contribution in [0, 0.1) is 24.1 Å². The lowest BCUT2D eigenvalue weighted by atomic mass is 10.2. The third-order valence-electron chi connectivity index (χ3n) is 3.54. The molecule has 0 amide bonds. The molecule has 2 aromatic carbocycles. The van der Waals surface area contributed by atoms with Crippen LogP contribution < -0.4 is 14.8 Å². The molecule has 0 saturated carbocycles. The summed E-state index contributed by atoms with van der Waals surface area (Å²) in [5.41, 5.74) is 1.55. The molecule has 26 heavy (non-hydrogen) atoms. The SMILES string of the molecule is COc1cc(C)ccc1Oc1ccc(Nc2nccnc2C#N)cc1F. The summed E-state index contributed by atoms with van der Waals surface area (Å²) in [6, 6.07) is 11.7. The number of nitrogens with one attached hydrogen (secondary N) is 1. The van der Waals surface area contributed by atoms with E-state index in [4.69, 9.17) is 14.7 Å². The van der Waals surface area contributed by atoms with Crippen LogP contribution in [0.15, 0.2) is 48.8 Å². The van der Waals surface area contributed by atoms with Crippen LogP contribution in [-0.2, 0) is 0 Å². The van der Waals surface area contributed by atoms with E-state index in [1.54, 1.807) is 18.2 Å². The Labute approximate surface area is 149 Å². The van der Waals surface area contributed by atoms with Gasteiger partial charge in [0.2, 0.25) is 0 Å². The molecule has 7 heteroatoms. The van der Waals surface area contributed by atoms with Gasteiger partial charge in [0.1, 0.15) is 6.07 Å². The van der Waals surface area contributed by atoms with Crippen molar-refractivity contribution in [2.45, 2.75) is 6.92 Å². The van der Waals surface area contributed by atoms with Crippen molar-refractivity contribution in [3.8, 4) is 23.3 Å². The molecular weight excluding hydrogens is 335 g/mol. The van der Waals surface area contributed by atoms with Gasteiger partial charge in [-0.15, -0.1) is 0 Å². The quantitative estimate of drug-likeness (QED) is 0.737. The number of ether oxygens (including phenoxy) is 2. The van der Waals surface area contributed by atoms with Crippen LogP contribution in [0.4, 0.5) is 15.9 Å². The minimum absolute atomic E-state index is 0.0531. The van der Waals surface area contributed by atoms with Gasteiger partial charge in [-0.2, -0.15) is 5.26 Å². The number of hydrogen-bond donors (Lipinski definition) is 1. The molecule has 0 spiro atoms. The Morgan fingerprint density at radius 2 is 1.81 bits per heavy atom. The van der Waals surface area contributed by atoms with Crippen molar-refractivity contribution >= 4 is 11.5 Å². The summed E-state index contributed by atoms with van der Waals surface area (Å²) in [6.07, 6.45) is 2.86. The van der Waals surface area contributed by atoms with Crippen LogP contribution >= 0.6 is 0 Å². The van der Waals surface area contributed by atoms with E-state index in [1.165, 1.54) is 31.6 Å².